The molecule has 0 aromatic heterocycles. The molecule has 0 saturated carbocycles. The molecule has 0 heterocycles. The van der Waals surface area contributed by atoms with E-state index in [4.69, 9.17) is 33.1 Å². The summed E-state index contributed by atoms with van der Waals surface area (Å²) in [6.45, 7) is -0.663. The van der Waals surface area contributed by atoms with Crippen LogP contribution in [0.3, 0.4) is 0 Å². The van der Waals surface area contributed by atoms with E-state index in [0.29, 0.717) is 6.42 Å². The molecule has 0 spiro atoms. The first-order valence-electron chi connectivity index (χ1n) is 9.37. The smallest absolute Gasteiger partial charge is 0.328 e. The highest BCUT2D eigenvalue weighted by molar-refractivity contribution is 7.80. The quantitative estimate of drug-likeness (QED) is 0.0461. The Hall–Kier alpha value is -3.11. The van der Waals surface area contributed by atoms with Gasteiger partial charge in [-0.15, -0.1) is 0 Å². The molecule has 0 aliphatic rings. The average Bonchev–Trinajstić information content (AvgIpc) is 2.71. The molecule has 0 aliphatic heterocycles. The molecule has 0 bridgehead atoms. The third kappa shape index (κ3) is 11.3. The molecule has 4 atom stereocenters. The number of carboxylic acid groups (broad SMARTS) is 1. The monoisotopic (exact) mass is 478 g/mol. The first-order valence-corrected chi connectivity index (χ1v) is 10.0. The molecule has 4 amide bonds. The second-order valence-corrected chi connectivity index (χ2v) is 6.98. The van der Waals surface area contributed by atoms with E-state index in [1.54, 1.807) is 0 Å². The van der Waals surface area contributed by atoms with Gasteiger partial charge in [-0.3, -0.25) is 24.2 Å². The second-order valence-electron chi connectivity index (χ2n) is 6.61. The van der Waals surface area contributed by atoms with Crippen LogP contribution in [0.4, 0.5) is 0 Å². The van der Waals surface area contributed by atoms with Crippen molar-refractivity contribution in [3.05, 3.63) is 0 Å². The summed E-state index contributed by atoms with van der Waals surface area (Å²) in [5.41, 5.74) is 21.2. The van der Waals surface area contributed by atoms with E-state index >= 15 is 0 Å². The number of hydrogen-bond acceptors (Lipinski definition) is 9. The van der Waals surface area contributed by atoms with Gasteiger partial charge in [-0.2, -0.15) is 12.6 Å². The topological polar surface area (TPSA) is 278 Å². The summed E-state index contributed by atoms with van der Waals surface area (Å²) in [7, 11) is 0. The maximum absolute atomic E-state index is 12.5. The van der Waals surface area contributed by atoms with E-state index in [0.717, 1.165) is 0 Å². The zero-order valence-corrected chi connectivity index (χ0v) is 18.1. The average molecular weight is 479 g/mol. The lowest BCUT2D eigenvalue weighted by molar-refractivity contribution is -0.143. The molecule has 0 saturated heterocycles. The van der Waals surface area contributed by atoms with Crippen molar-refractivity contribution in [3.63, 3.8) is 0 Å². The Morgan fingerprint density at radius 1 is 0.906 bits per heavy atom. The molecule has 16 heteroatoms. The van der Waals surface area contributed by atoms with Gasteiger partial charge in [-0.1, -0.05) is 0 Å². The number of rotatable bonds is 15. The van der Waals surface area contributed by atoms with Gasteiger partial charge < -0.3 is 49.1 Å². The first-order chi connectivity index (χ1) is 14.9. The van der Waals surface area contributed by atoms with Crippen molar-refractivity contribution in [3.8, 4) is 0 Å². The molecule has 32 heavy (non-hydrogen) atoms. The SMILES string of the molecule is NC(=O)C[C@H](NC(=O)[C@H](CS)NC(=O)[C@@H](N)CCCN=C(N)N)C(=O)N[C@@H](CO)C(=O)O. The Labute approximate surface area is 189 Å². The van der Waals surface area contributed by atoms with Crippen LogP contribution >= 0.6 is 12.6 Å². The van der Waals surface area contributed by atoms with E-state index in [2.05, 4.69) is 28.3 Å². The fraction of sp³-hybridized carbons (Fsp3) is 0.625. The van der Waals surface area contributed by atoms with Gasteiger partial charge in [0.2, 0.25) is 23.6 Å². The van der Waals surface area contributed by atoms with E-state index in [1.165, 1.54) is 0 Å². The van der Waals surface area contributed by atoms with Crippen molar-refractivity contribution in [2.75, 3.05) is 18.9 Å². The molecule has 0 unspecified atom stereocenters. The summed E-state index contributed by atoms with van der Waals surface area (Å²) in [6, 6.07) is -5.43. The molecule has 0 fully saturated rings. The minimum absolute atomic E-state index is 0.0990. The number of aliphatic hydroxyl groups is 1. The van der Waals surface area contributed by atoms with E-state index in [1.807, 2.05) is 5.32 Å². The number of carboxylic acids is 1. The maximum atomic E-state index is 12.5. The minimum Gasteiger partial charge on any atom is -0.480 e. The van der Waals surface area contributed by atoms with Gasteiger partial charge in [0.15, 0.2) is 5.96 Å². The molecule has 0 rings (SSSR count). The number of aliphatic carboxylic acids is 1. The van der Waals surface area contributed by atoms with Crippen molar-refractivity contribution in [2.24, 2.45) is 27.9 Å². The molecule has 15 nitrogen and oxygen atoms in total. The van der Waals surface area contributed by atoms with Crippen LogP contribution in [0.1, 0.15) is 19.3 Å². The summed E-state index contributed by atoms with van der Waals surface area (Å²) in [5, 5.41) is 24.4. The number of amides is 4. The van der Waals surface area contributed by atoms with Crippen LogP contribution in [-0.2, 0) is 24.0 Å². The lowest BCUT2D eigenvalue weighted by atomic mass is 10.1. The van der Waals surface area contributed by atoms with Gasteiger partial charge in [-0.05, 0) is 12.8 Å². The Morgan fingerprint density at radius 2 is 1.44 bits per heavy atom. The lowest BCUT2D eigenvalue weighted by Crippen LogP contribution is -2.58. The number of aliphatic imine (C=N–C) groups is 1. The summed E-state index contributed by atoms with van der Waals surface area (Å²) in [6.07, 6.45) is -0.0401. The van der Waals surface area contributed by atoms with Gasteiger partial charge in [0.05, 0.1) is 19.1 Å². The number of nitrogens with two attached hydrogens (primary N) is 4. The number of thiol groups is 1. The number of carbonyl (C=O) groups is 5. The number of guanidine groups is 1. The van der Waals surface area contributed by atoms with Crippen LogP contribution in [-0.4, -0.2) is 88.8 Å². The Balaban J connectivity index is 5.05. The molecule has 0 aliphatic carbocycles. The minimum atomic E-state index is -1.66. The molecule has 13 N–H and O–H groups in total. The number of nitrogens with zero attached hydrogens (tertiary/aromatic N) is 1. The number of aliphatic hydroxyl groups excluding tert-OH is 1. The lowest BCUT2D eigenvalue weighted by Gasteiger charge is -2.23. The molecular weight excluding hydrogens is 448 g/mol. The predicted octanol–water partition coefficient (Wildman–Crippen LogP) is -5.30. The fourth-order valence-electron chi connectivity index (χ4n) is 2.26. The molecule has 0 aromatic rings. The highest BCUT2D eigenvalue weighted by Gasteiger charge is 2.30. The van der Waals surface area contributed by atoms with Crippen LogP contribution in [0.2, 0.25) is 0 Å². The fourth-order valence-corrected chi connectivity index (χ4v) is 2.52. The van der Waals surface area contributed by atoms with Crippen molar-refractivity contribution in [1.29, 1.82) is 0 Å². The van der Waals surface area contributed by atoms with Crippen molar-refractivity contribution < 1.29 is 34.2 Å². The van der Waals surface area contributed by atoms with Crippen LogP contribution in [0.25, 0.3) is 0 Å². The zero-order valence-electron chi connectivity index (χ0n) is 17.2. The summed E-state index contributed by atoms with van der Waals surface area (Å²) in [5.74, 6) is -5.41. The van der Waals surface area contributed by atoms with Crippen LogP contribution in [0, 0.1) is 0 Å². The van der Waals surface area contributed by atoms with Gasteiger partial charge >= 0.3 is 5.97 Å². The zero-order chi connectivity index (χ0) is 24.8. The molecule has 0 aromatic carbocycles. The third-order valence-electron chi connectivity index (χ3n) is 3.96. The summed E-state index contributed by atoms with van der Waals surface area (Å²) in [4.78, 5) is 62.9. The van der Waals surface area contributed by atoms with Crippen molar-refractivity contribution in [2.45, 2.75) is 43.4 Å². The van der Waals surface area contributed by atoms with E-state index in [-0.39, 0.29) is 24.7 Å². The third-order valence-corrected chi connectivity index (χ3v) is 4.32. The Morgan fingerprint density at radius 3 is 1.91 bits per heavy atom. The van der Waals surface area contributed by atoms with Gasteiger partial charge in [0.25, 0.3) is 0 Å². The predicted molar refractivity (Wildman–Crippen MR) is 116 cm³/mol. The maximum Gasteiger partial charge on any atom is 0.328 e. The van der Waals surface area contributed by atoms with Crippen LogP contribution < -0.4 is 38.9 Å². The van der Waals surface area contributed by atoms with E-state index < -0.39 is 66.8 Å². The van der Waals surface area contributed by atoms with E-state index in [9.17, 15) is 24.0 Å². The van der Waals surface area contributed by atoms with Gasteiger partial charge in [0, 0.05) is 12.3 Å². The van der Waals surface area contributed by atoms with Crippen LogP contribution in [0.15, 0.2) is 4.99 Å². The Kier molecular flexibility index (Phi) is 13.4. The van der Waals surface area contributed by atoms with Gasteiger partial charge in [-0.25, -0.2) is 4.79 Å². The number of nitrogens with one attached hydrogen (secondary N) is 3. The number of hydrogen-bond donors (Lipinski definition) is 10. The number of carbonyl (C=O) groups excluding carboxylic acids is 4. The summed E-state index contributed by atoms with van der Waals surface area (Å²) < 4.78 is 0. The Bertz CT molecular complexity index is 717. The molecule has 182 valence electrons. The highest BCUT2D eigenvalue weighted by atomic mass is 32.1. The molecular formula is C16H30N8O7S. The number of primary amides is 1. The summed E-state index contributed by atoms with van der Waals surface area (Å²) >= 11 is 3.98. The largest absolute Gasteiger partial charge is 0.480 e. The highest BCUT2D eigenvalue weighted by Crippen LogP contribution is 2.00. The molecule has 0 radical (unpaired) electrons. The standard InChI is InChI=1S/C16H30N8O7S/c17-7(2-1-3-21-16(19)20)12(27)24-10(6-32)14(29)22-8(4-11(18)26)13(28)23-9(5-25)15(30)31/h7-10,25,32H,1-6,17H2,(H2,18,26)(H,22,29)(H,23,28)(H,24,27)(H,30,31)(H4,19,20,21)/t7-,8-,9-,10-/m0/s1. The van der Waals surface area contributed by atoms with Crippen molar-refractivity contribution >= 4 is 48.2 Å². The normalized spacial score (nSPS) is 14.2. The van der Waals surface area contributed by atoms with Gasteiger partial charge in [0.1, 0.15) is 18.1 Å². The van der Waals surface area contributed by atoms with Crippen LogP contribution in [0.5, 0.6) is 0 Å². The second kappa shape index (κ2) is 14.8. The first kappa shape index (κ1) is 28.9. The van der Waals surface area contributed by atoms with Crippen molar-refractivity contribution in [1.82, 2.24) is 16.0 Å².